The molecular weight excluding hydrogens is 520 g/mol. The lowest BCUT2D eigenvalue weighted by Crippen LogP contribution is -2.41. The first-order chi connectivity index (χ1) is 19.6. The van der Waals surface area contributed by atoms with E-state index in [4.69, 9.17) is 15.2 Å². The van der Waals surface area contributed by atoms with Crippen LogP contribution in [0.5, 0.6) is 11.5 Å². The van der Waals surface area contributed by atoms with Gasteiger partial charge in [0.2, 0.25) is 0 Å². The van der Waals surface area contributed by atoms with Gasteiger partial charge in [0.1, 0.15) is 29.8 Å². The maximum Gasteiger partial charge on any atom is 0.410 e. The number of fused-ring (bicyclic) bond motifs is 1. The van der Waals surface area contributed by atoms with Crippen molar-refractivity contribution in [3.05, 3.63) is 71.9 Å². The molecule has 0 radical (unpaired) electrons. The van der Waals surface area contributed by atoms with Crippen LogP contribution in [-0.4, -0.2) is 55.3 Å². The van der Waals surface area contributed by atoms with Crippen LogP contribution in [0, 0.1) is 6.92 Å². The number of hydrogen-bond acceptors (Lipinski definition) is 7. The number of aryl methyl sites for hydroxylation is 1. The number of carbonyl (C=O) groups is 1. The molecule has 3 aromatic heterocycles. The molecule has 11 nitrogen and oxygen atoms in total. The second-order valence-corrected chi connectivity index (χ2v) is 11.4. The molecule has 1 aromatic carbocycles. The molecule has 11 heteroatoms. The van der Waals surface area contributed by atoms with Crippen molar-refractivity contribution in [3.63, 3.8) is 0 Å². The number of hydrogen-bond donors (Lipinski definition) is 2. The standard InChI is InChI=1S/C30H38N8O3/c1-20-16-23(6-7-26(20)40-24-10-14-37-27(17-24)32-19-34-37)35-21(2)28-25(11-15-38(28)33-18-31)22-8-12-36(13-9-22)29(39)41-30(3,4)5/h6-7,10-11,14-19,21-22,35H,8-9,12-13H2,1-5H3,(H2,31,33). The Morgan fingerprint density at radius 2 is 1.95 bits per heavy atom. The van der Waals surface area contributed by atoms with E-state index in [0.29, 0.717) is 24.8 Å². The van der Waals surface area contributed by atoms with Gasteiger partial charge in [-0.25, -0.2) is 19.0 Å². The number of benzene rings is 1. The van der Waals surface area contributed by atoms with Gasteiger partial charge in [0.05, 0.1) is 11.7 Å². The molecule has 1 unspecified atom stereocenters. The zero-order valence-corrected chi connectivity index (χ0v) is 24.2. The first kappa shape index (κ1) is 28.0. The average molecular weight is 559 g/mol. The van der Waals surface area contributed by atoms with Gasteiger partial charge in [0.25, 0.3) is 0 Å². The van der Waals surface area contributed by atoms with Crippen molar-refractivity contribution in [2.75, 3.05) is 18.4 Å². The summed E-state index contributed by atoms with van der Waals surface area (Å²) >= 11 is 0. The predicted molar refractivity (Wildman–Crippen MR) is 159 cm³/mol. The molecule has 0 saturated carbocycles. The van der Waals surface area contributed by atoms with E-state index < -0.39 is 5.60 Å². The van der Waals surface area contributed by atoms with Crippen LogP contribution in [0.4, 0.5) is 10.5 Å². The summed E-state index contributed by atoms with van der Waals surface area (Å²) in [6, 6.07) is 11.8. The molecule has 4 heterocycles. The zero-order valence-electron chi connectivity index (χ0n) is 24.2. The Kier molecular flexibility index (Phi) is 7.87. The van der Waals surface area contributed by atoms with E-state index in [0.717, 1.165) is 41.2 Å². The monoisotopic (exact) mass is 558 g/mol. The van der Waals surface area contributed by atoms with E-state index in [9.17, 15) is 4.79 Å². The molecule has 0 bridgehead atoms. The van der Waals surface area contributed by atoms with Crippen LogP contribution in [0.3, 0.4) is 0 Å². The molecule has 1 fully saturated rings. The highest BCUT2D eigenvalue weighted by Crippen LogP contribution is 2.36. The molecule has 41 heavy (non-hydrogen) atoms. The summed E-state index contributed by atoms with van der Waals surface area (Å²) in [7, 11) is 0. The summed E-state index contributed by atoms with van der Waals surface area (Å²) in [5.74, 6) is 1.76. The number of rotatable bonds is 7. The molecule has 1 atom stereocenters. The Bertz CT molecular complexity index is 1540. The zero-order chi connectivity index (χ0) is 29.1. The van der Waals surface area contributed by atoms with Crippen molar-refractivity contribution in [2.24, 2.45) is 10.8 Å². The summed E-state index contributed by atoms with van der Waals surface area (Å²) in [6.07, 6.45) is 8.03. The third kappa shape index (κ3) is 6.45. The highest BCUT2D eigenvalue weighted by Gasteiger charge is 2.30. The van der Waals surface area contributed by atoms with Crippen LogP contribution in [0.15, 0.2) is 60.2 Å². The van der Waals surface area contributed by atoms with Crippen LogP contribution in [0.2, 0.25) is 0 Å². The summed E-state index contributed by atoms with van der Waals surface area (Å²) in [5, 5.41) is 12.1. The Morgan fingerprint density at radius 1 is 1.17 bits per heavy atom. The SMILES string of the molecule is Cc1cc(NC(C)c2c(C3CCN(C(=O)OC(C)(C)C)CC3)ccn2/N=C\N)ccc1Oc1ccn2ncnc2c1. The molecule has 1 saturated heterocycles. The second-order valence-electron chi connectivity index (χ2n) is 11.4. The van der Waals surface area contributed by atoms with Gasteiger partial charge in [-0.1, -0.05) is 0 Å². The highest BCUT2D eigenvalue weighted by molar-refractivity contribution is 5.68. The van der Waals surface area contributed by atoms with Crippen molar-refractivity contribution in [2.45, 2.75) is 65.0 Å². The molecule has 1 aliphatic heterocycles. The molecular formula is C30H38N8O3. The predicted octanol–water partition coefficient (Wildman–Crippen LogP) is 5.67. The van der Waals surface area contributed by atoms with E-state index in [2.05, 4.69) is 39.6 Å². The average Bonchev–Trinajstić information content (AvgIpc) is 3.56. The number of anilines is 1. The Morgan fingerprint density at radius 3 is 2.66 bits per heavy atom. The van der Waals surface area contributed by atoms with Crippen LogP contribution in [-0.2, 0) is 4.74 Å². The van der Waals surface area contributed by atoms with Gasteiger partial charge in [-0.3, -0.25) is 0 Å². The van der Waals surface area contributed by atoms with E-state index >= 15 is 0 Å². The minimum Gasteiger partial charge on any atom is -0.457 e. The van der Waals surface area contributed by atoms with Crippen molar-refractivity contribution < 1.29 is 14.3 Å². The van der Waals surface area contributed by atoms with Crippen molar-refractivity contribution >= 4 is 23.8 Å². The van der Waals surface area contributed by atoms with Gasteiger partial charge < -0.3 is 25.4 Å². The number of aromatic nitrogens is 4. The van der Waals surface area contributed by atoms with Crippen LogP contribution in [0.1, 0.15) is 69.3 Å². The number of nitrogens with one attached hydrogen (secondary N) is 1. The Balaban J connectivity index is 1.29. The van der Waals surface area contributed by atoms with E-state index in [1.165, 1.54) is 18.2 Å². The maximum atomic E-state index is 12.6. The molecule has 1 aliphatic rings. The fourth-order valence-corrected chi connectivity index (χ4v) is 5.27. The van der Waals surface area contributed by atoms with Gasteiger partial charge >= 0.3 is 6.09 Å². The number of amides is 1. The maximum absolute atomic E-state index is 12.6. The lowest BCUT2D eigenvalue weighted by molar-refractivity contribution is 0.0204. The normalized spacial score (nSPS) is 15.4. The number of pyridine rings is 1. The van der Waals surface area contributed by atoms with Crippen LogP contribution >= 0.6 is 0 Å². The third-order valence-electron chi connectivity index (χ3n) is 7.16. The molecule has 1 amide bonds. The van der Waals surface area contributed by atoms with Crippen LogP contribution < -0.4 is 15.8 Å². The van der Waals surface area contributed by atoms with Gasteiger partial charge in [0, 0.05) is 37.2 Å². The minimum absolute atomic E-state index is 0.0610. The quantitative estimate of drug-likeness (QED) is 0.221. The van der Waals surface area contributed by atoms with Gasteiger partial charge in [-0.15, -0.1) is 0 Å². The molecule has 216 valence electrons. The summed E-state index contributed by atoms with van der Waals surface area (Å²) in [4.78, 5) is 18.6. The summed E-state index contributed by atoms with van der Waals surface area (Å²) in [5.41, 5.74) is 10.1. The number of carbonyl (C=O) groups excluding carboxylic acids is 1. The van der Waals surface area contributed by atoms with Crippen molar-refractivity contribution in [1.29, 1.82) is 0 Å². The lowest BCUT2D eigenvalue weighted by Gasteiger charge is -2.34. The largest absolute Gasteiger partial charge is 0.457 e. The molecule has 0 aliphatic carbocycles. The van der Waals surface area contributed by atoms with E-state index in [1.54, 1.807) is 9.42 Å². The summed E-state index contributed by atoms with van der Waals surface area (Å²) in [6.45, 7) is 11.1. The second kappa shape index (κ2) is 11.5. The third-order valence-corrected chi connectivity index (χ3v) is 7.16. The first-order valence-corrected chi connectivity index (χ1v) is 13.9. The van der Waals surface area contributed by atoms with E-state index in [1.807, 2.05) is 69.0 Å². The summed E-state index contributed by atoms with van der Waals surface area (Å²) < 4.78 is 15.2. The van der Waals surface area contributed by atoms with Crippen molar-refractivity contribution in [3.8, 4) is 11.5 Å². The Hall–Kier alpha value is -4.54. The van der Waals surface area contributed by atoms with Gasteiger partial charge in [0.15, 0.2) is 5.65 Å². The molecule has 5 rings (SSSR count). The fraction of sp³-hybridized carbons (Fsp3) is 0.400. The number of nitrogens with two attached hydrogens (primary N) is 1. The minimum atomic E-state index is -0.505. The molecule has 4 aromatic rings. The first-order valence-electron chi connectivity index (χ1n) is 13.9. The molecule has 0 spiro atoms. The van der Waals surface area contributed by atoms with Crippen LogP contribution in [0.25, 0.3) is 5.65 Å². The highest BCUT2D eigenvalue weighted by atomic mass is 16.6. The number of nitrogens with zero attached hydrogens (tertiary/aromatic N) is 6. The number of ether oxygens (including phenoxy) is 2. The lowest BCUT2D eigenvalue weighted by atomic mass is 9.88. The van der Waals surface area contributed by atoms with Gasteiger partial charge in [-0.05, 0) is 94.8 Å². The van der Waals surface area contributed by atoms with Gasteiger partial charge in [-0.2, -0.15) is 10.2 Å². The van der Waals surface area contributed by atoms with Crippen molar-refractivity contribution in [1.82, 2.24) is 24.2 Å². The number of likely N-dealkylation sites (tertiary alicyclic amines) is 1. The number of piperidine rings is 1. The van der Waals surface area contributed by atoms with E-state index in [-0.39, 0.29) is 12.1 Å². The molecule has 3 N–H and O–H groups in total. The Labute approximate surface area is 239 Å². The fourth-order valence-electron chi connectivity index (χ4n) is 5.27. The smallest absolute Gasteiger partial charge is 0.410 e. The topological polar surface area (TPSA) is 124 Å².